The van der Waals surface area contributed by atoms with Gasteiger partial charge < -0.3 is 11.5 Å². The minimum absolute atomic E-state index is 0.528. The minimum Gasteiger partial charge on any atom is -0.375 e. The molecule has 3 nitrogen and oxygen atoms in total. The molecule has 0 fully saturated rings. The maximum atomic E-state index is 5.60. The summed E-state index contributed by atoms with van der Waals surface area (Å²) in [4.78, 5) is 5.55. The second kappa shape index (κ2) is 2.46. The zero-order chi connectivity index (χ0) is 7.84. The van der Waals surface area contributed by atoms with Gasteiger partial charge in [-0.05, 0) is 12.8 Å². The highest BCUT2D eigenvalue weighted by Gasteiger charge is 2.24. The summed E-state index contributed by atoms with van der Waals surface area (Å²) < 4.78 is 0. The molecule has 0 saturated carbocycles. The van der Waals surface area contributed by atoms with Crippen molar-refractivity contribution < 1.29 is 0 Å². The van der Waals surface area contributed by atoms with Crippen LogP contribution in [0.5, 0.6) is 0 Å². The predicted octanol–water partition coefficient (Wildman–Crippen LogP) is 0.714. The van der Waals surface area contributed by atoms with Crippen molar-refractivity contribution in [2.75, 3.05) is 12.3 Å². The van der Waals surface area contributed by atoms with E-state index in [1.807, 2.05) is 0 Å². The topological polar surface area (TPSA) is 64.9 Å². The average Bonchev–Trinajstić information content (AvgIpc) is 2.45. The molecule has 11 heavy (non-hydrogen) atoms. The molecule has 2 rings (SSSR count). The van der Waals surface area contributed by atoms with Gasteiger partial charge in [0, 0.05) is 17.3 Å². The third-order valence-electron chi connectivity index (χ3n) is 2.13. The van der Waals surface area contributed by atoms with Crippen LogP contribution in [0.25, 0.3) is 0 Å². The Labute approximate surface area is 69.4 Å². The molecule has 4 N–H and O–H groups in total. The van der Waals surface area contributed by atoms with Crippen LogP contribution in [0, 0.1) is 0 Å². The summed E-state index contributed by atoms with van der Waals surface area (Å²) in [6, 6.07) is 0. The second-order valence-corrected chi connectivity index (χ2v) is 3.90. The first kappa shape index (κ1) is 7.06. The monoisotopic (exact) mass is 169 g/mol. The molecule has 1 heterocycles. The van der Waals surface area contributed by atoms with Gasteiger partial charge in [0.25, 0.3) is 0 Å². The van der Waals surface area contributed by atoms with E-state index in [9.17, 15) is 0 Å². The number of thiazole rings is 1. The van der Waals surface area contributed by atoms with Gasteiger partial charge in [-0.15, -0.1) is 11.3 Å². The van der Waals surface area contributed by atoms with Gasteiger partial charge in [-0.3, -0.25) is 0 Å². The van der Waals surface area contributed by atoms with E-state index in [1.54, 1.807) is 11.3 Å². The van der Waals surface area contributed by atoms with Crippen LogP contribution in [0.3, 0.4) is 0 Å². The van der Waals surface area contributed by atoms with E-state index in [0.717, 1.165) is 19.4 Å². The Balaban J connectivity index is 2.37. The Hall–Kier alpha value is -0.610. The molecule has 0 radical (unpaired) electrons. The Bertz CT molecular complexity index is 269. The molecule has 0 spiro atoms. The molecule has 0 aromatic carbocycles. The van der Waals surface area contributed by atoms with Crippen LogP contribution in [0.2, 0.25) is 0 Å². The molecule has 1 aliphatic rings. The zero-order valence-electron chi connectivity index (χ0n) is 6.21. The lowest BCUT2D eigenvalue weighted by atomic mass is 10.1. The second-order valence-electron chi connectivity index (χ2n) is 2.83. The molecule has 60 valence electrons. The van der Waals surface area contributed by atoms with Crippen LogP contribution in [0.4, 0.5) is 5.13 Å². The van der Waals surface area contributed by atoms with Gasteiger partial charge in [0.1, 0.15) is 0 Å². The Kier molecular flexibility index (Phi) is 1.58. The van der Waals surface area contributed by atoms with Crippen molar-refractivity contribution in [3.63, 3.8) is 0 Å². The lowest BCUT2D eigenvalue weighted by Gasteiger charge is -2.02. The molecule has 1 atom stereocenters. The molecule has 1 aromatic heterocycles. The number of anilines is 1. The smallest absolute Gasteiger partial charge is 0.180 e. The standard InChI is InChI=1S/C7H11N3S/c8-3-4-1-2-5-6(4)11-7(9)10-5/h4H,1-3,8H2,(H2,9,10). The van der Waals surface area contributed by atoms with E-state index in [4.69, 9.17) is 11.5 Å². The molecule has 0 bridgehead atoms. The fraction of sp³-hybridized carbons (Fsp3) is 0.571. The summed E-state index contributed by atoms with van der Waals surface area (Å²) in [5.74, 6) is 0.528. The third-order valence-corrected chi connectivity index (χ3v) is 3.22. The summed E-state index contributed by atoms with van der Waals surface area (Å²) in [6.07, 6.45) is 2.22. The molecule has 1 aliphatic carbocycles. The van der Waals surface area contributed by atoms with Crippen LogP contribution in [-0.4, -0.2) is 11.5 Å². The first-order chi connectivity index (χ1) is 5.31. The molecule has 1 aromatic rings. The third kappa shape index (κ3) is 1.02. The van der Waals surface area contributed by atoms with Gasteiger partial charge in [-0.1, -0.05) is 0 Å². The highest BCUT2D eigenvalue weighted by Crippen LogP contribution is 2.37. The van der Waals surface area contributed by atoms with Crippen molar-refractivity contribution in [2.45, 2.75) is 18.8 Å². The molecular weight excluding hydrogens is 158 g/mol. The number of nitrogens with zero attached hydrogens (tertiary/aromatic N) is 1. The highest BCUT2D eigenvalue weighted by atomic mass is 32.1. The number of hydrogen-bond acceptors (Lipinski definition) is 4. The fourth-order valence-corrected chi connectivity index (χ4v) is 2.57. The van der Waals surface area contributed by atoms with Gasteiger partial charge >= 0.3 is 0 Å². The van der Waals surface area contributed by atoms with Crippen LogP contribution < -0.4 is 11.5 Å². The van der Waals surface area contributed by atoms with Crippen molar-refractivity contribution in [2.24, 2.45) is 5.73 Å². The predicted molar refractivity (Wildman–Crippen MR) is 46.6 cm³/mol. The van der Waals surface area contributed by atoms with Gasteiger partial charge in [0.05, 0.1) is 5.69 Å². The van der Waals surface area contributed by atoms with Crippen molar-refractivity contribution in [3.8, 4) is 0 Å². The van der Waals surface area contributed by atoms with Gasteiger partial charge in [-0.2, -0.15) is 0 Å². The van der Waals surface area contributed by atoms with E-state index >= 15 is 0 Å². The van der Waals surface area contributed by atoms with Gasteiger partial charge in [-0.25, -0.2) is 4.98 Å². The molecule has 4 heteroatoms. The highest BCUT2D eigenvalue weighted by molar-refractivity contribution is 7.15. The normalized spacial score (nSPS) is 22.1. The fourth-order valence-electron chi connectivity index (χ4n) is 1.55. The molecule has 0 saturated heterocycles. The van der Waals surface area contributed by atoms with Crippen LogP contribution >= 0.6 is 11.3 Å². The molecule has 0 amide bonds. The van der Waals surface area contributed by atoms with Crippen LogP contribution in [-0.2, 0) is 6.42 Å². The number of nitrogen functional groups attached to an aromatic ring is 1. The summed E-state index contributed by atoms with van der Waals surface area (Å²) in [6.45, 7) is 0.731. The Morgan fingerprint density at radius 2 is 2.45 bits per heavy atom. The molecule has 0 aliphatic heterocycles. The maximum Gasteiger partial charge on any atom is 0.180 e. The van der Waals surface area contributed by atoms with E-state index in [0.29, 0.717) is 11.0 Å². The Morgan fingerprint density at radius 3 is 3.18 bits per heavy atom. The first-order valence-corrected chi connectivity index (χ1v) is 4.58. The SMILES string of the molecule is NCC1CCc2nc(N)sc21. The average molecular weight is 169 g/mol. The van der Waals surface area contributed by atoms with E-state index in [2.05, 4.69) is 4.98 Å². The quantitative estimate of drug-likeness (QED) is 0.651. The summed E-state index contributed by atoms with van der Waals surface area (Å²) >= 11 is 1.60. The number of aryl methyl sites for hydroxylation is 1. The number of nitrogens with two attached hydrogens (primary N) is 2. The zero-order valence-corrected chi connectivity index (χ0v) is 7.03. The van der Waals surface area contributed by atoms with Crippen LogP contribution in [0.15, 0.2) is 0 Å². The van der Waals surface area contributed by atoms with Gasteiger partial charge in [0.15, 0.2) is 5.13 Å². The van der Waals surface area contributed by atoms with E-state index in [-0.39, 0.29) is 0 Å². The van der Waals surface area contributed by atoms with E-state index in [1.165, 1.54) is 10.6 Å². The number of hydrogen-bond donors (Lipinski definition) is 2. The number of rotatable bonds is 1. The minimum atomic E-state index is 0.528. The van der Waals surface area contributed by atoms with Crippen LogP contribution in [0.1, 0.15) is 22.9 Å². The van der Waals surface area contributed by atoms with Crippen molar-refractivity contribution in [3.05, 3.63) is 10.6 Å². The summed E-state index contributed by atoms with van der Waals surface area (Å²) in [5.41, 5.74) is 12.4. The first-order valence-electron chi connectivity index (χ1n) is 3.76. The molecule has 1 unspecified atom stereocenters. The van der Waals surface area contributed by atoms with Crippen molar-refractivity contribution in [1.29, 1.82) is 0 Å². The van der Waals surface area contributed by atoms with Gasteiger partial charge in [0.2, 0.25) is 0 Å². The maximum absolute atomic E-state index is 5.60. The number of aromatic nitrogens is 1. The molecular formula is C7H11N3S. The van der Waals surface area contributed by atoms with Crippen molar-refractivity contribution >= 4 is 16.5 Å². The van der Waals surface area contributed by atoms with Crippen molar-refractivity contribution in [1.82, 2.24) is 4.98 Å². The lowest BCUT2D eigenvalue weighted by Crippen LogP contribution is -2.08. The largest absolute Gasteiger partial charge is 0.375 e. The summed E-state index contributed by atoms with van der Waals surface area (Å²) in [5, 5.41) is 0.688. The van der Waals surface area contributed by atoms with E-state index < -0.39 is 0 Å². The summed E-state index contributed by atoms with van der Waals surface area (Å²) in [7, 11) is 0. The number of fused-ring (bicyclic) bond motifs is 1. The Morgan fingerprint density at radius 1 is 1.64 bits per heavy atom. The lowest BCUT2D eigenvalue weighted by molar-refractivity contribution is 0.694.